The minimum absolute atomic E-state index is 0.0226. The summed E-state index contributed by atoms with van der Waals surface area (Å²) in [7, 11) is 0. The van der Waals surface area contributed by atoms with Gasteiger partial charge in [-0.2, -0.15) is 0 Å². The number of piperazine rings is 1. The lowest BCUT2D eigenvalue weighted by molar-refractivity contribution is -0.137. The van der Waals surface area contributed by atoms with E-state index in [1.54, 1.807) is 17.2 Å². The second-order valence-corrected chi connectivity index (χ2v) is 12.8. The average molecular weight is 629 g/mol. The molecule has 3 saturated heterocycles. The zero-order valence-electron chi connectivity index (χ0n) is 25.7. The number of imide groups is 1. The first-order valence-corrected chi connectivity index (χ1v) is 16.1. The zero-order chi connectivity index (χ0) is 31.8. The normalized spacial score (nSPS) is 24.9. The van der Waals surface area contributed by atoms with Crippen molar-refractivity contribution < 1.29 is 23.2 Å². The predicted molar refractivity (Wildman–Crippen MR) is 167 cm³/mol. The van der Waals surface area contributed by atoms with Gasteiger partial charge in [-0.3, -0.25) is 39.4 Å². The molecule has 9 nitrogen and oxygen atoms in total. The fourth-order valence-electron chi connectivity index (χ4n) is 7.62. The lowest BCUT2D eigenvalue weighted by atomic mass is 9.96. The maximum Gasteiger partial charge on any atom is 0.275 e. The minimum atomic E-state index is -2.87. The Balaban J connectivity index is 0.966. The molecule has 3 fully saturated rings. The van der Waals surface area contributed by atoms with Gasteiger partial charge in [0.15, 0.2) is 0 Å². The second-order valence-electron chi connectivity index (χ2n) is 12.8. The fraction of sp³-hybridized carbons (Fsp3) is 0.429. The van der Waals surface area contributed by atoms with Gasteiger partial charge in [-0.05, 0) is 47.7 Å². The summed E-state index contributed by atoms with van der Waals surface area (Å²) in [4.78, 5) is 49.2. The number of carbonyl (C=O) groups is 3. The molecule has 0 spiro atoms. The molecule has 1 aromatic heterocycles. The number of hydrogen-bond donors (Lipinski definition) is 1. The van der Waals surface area contributed by atoms with Crippen LogP contribution in [0.5, 0.6) is 0 Å². The van der Waals surface area contributed by atoms with Gasteiger partial charge in [-0.1, -0.05) is 48.5 Å². The van der Waals surface area contributed by atoms with Crippen LogP contribution >= 0.6 is 0 Å². The van der Waals surface area contributed by atoms with E-state index in [1.165, 1.54) is 4.90 Å². The second kappa shape index (κ2) is 12.6. The van der Waals surface area contributed by atoms with Crippen molar-refractivity contribution in [1.29, 1.82) is 0 Å². The number of halogens is 2. The van der Waals surface area contributed by atoms with E-state index < -0.39 is 23.9 Å². The smallest absolute Gasteiger partial charge is 0.275 e. The predicted octanol–water partition coefficient (Wildman–Crippen LogP) is 3.46. The fourth-order valence-corrected chi connectivity index (χ4v) is 7.62. The van der Waals surface area contributed by atoms with E-state index >= 15 is 8.78 Å². The summed E-state index contributed by atoms with van der Waals surface area (Å²) in [5.41, 5.74) is 4.27. The molecule has 0 radical (unpaired) electrons. The van der Waals surface area contributed by atoms with Crippen LogP contribution in [-0.4, -0.2) is 99.6 Å². The summed E-state index contributed by atoms with van der Waals surface area (Å²) < 4.78 is 31.5. The molecular weight excluding hydrogens is 590 g/mol. The molecule has 4 aliphatic heterocycles. The lowest BCUT2D eigenvalue weighted by Crippen LogP contribution is -2.61. The van der Waals surface area contributed by atoms with Crippen LogP contribution in [0.15, 0.2) is 72.9 Å². The Morgan fingerprint density at radius 1 is 0.913 bits per heavy atom. The van der Waals surface area contributed by atoms with Gasteiger partial charge >= 0.3 is 0 Å². The molecule has 3 atom stereocenters. The minimum Gasteiger partial charge on any atom is -0.322 e. The molecule has 5 heterocycles. The van der Waals surface area contributed by atoms with E-state index in [2.05, 4.69) is 27.3 Å². The highest BCUT2D eigenvalue weighted by atomic mass is 19.3. The topological polar surface area (TPSA) is 89.1 Å². The number of nitrogens with zero attached hydrogens (tertiary/aromatic N) is 5. The Morgan fingerprint density at radius 3 is 2.41 bits per heavy atom. The number of alkyl halides is 2. The van der Waals surface area contributed by atoms with Crippen molar-refractivity contribution in [3.63, 3.8) is 0 Å². The first-order valence-electron chi connectivity index (χ1n) is 16.1. The van der Waals surface area contributed by atoms with Gasteiger partial charge < -0.3 is 4.90 Å². The van der Waals surface area contributed by atoms with Crippen molar-refractivity contribution in [2.45, 2.75) is 56.4 Å². The van der Waals surface area contributed by atoms with E-state index in [-0.39, 0.29) is 37.4 Å². The summed E-state index contributed by atoms with van der Waals surface area (Å²) >= 11 is 0. The van der Waals surface area contributed by atoms with Crippen molar-refractivity contribution in [2.24, 2.45) is 0 Å². The van der Waals surface area contributed by atoms with Crippen LogP contribution in [0.2, 0.25) is 0 Å². The van der Waals surface area contributed by atoms with E-state index in [4.69, 9.17) is 0 Å². The van der Waals surface area contributed by atoms with Crippen molar-refractivity contribution in [1.82, 2.24) is 29.9 Å². The van der Waals surface area contributed by atoms with Crippen LogP contribution in [0, 0.1) is 0 Å². The molecule has 2 aromatic carbocycles. The molecule has 4 aliphatic rings. The summed E-state index contributed by atoms with van der Waals surface area (Å²) in [6.07, 6.45) is 2.67. The first-order chi connectivity index (χ1) is 22.3. The largest absolute Gasteiger partial charge is 0.322 e. The molecular formula is C35H38F2N6O3. The summed E-state index contributed by atoms with van der Waals surface area (Å²) in [5.74, 6) is -3.88. The average Bonchev–Trinajstić information content (AvgIpc) is 3.37. The quantitative estimate of drug-likeness (QED) is 0.401. The van der Waals surface area contributed by atoms with Gasteiger partial charge in [0.05, 0.1) is 24.3 Å². The Morgan fingerprint density at radius 2 is 1.70 bits per heavy atom. The van der Waals surface area contributed by atoms with Gasteiger partial charge in [0, 0.05) is 64.0 Å². The Bertz CT molecular complexity index is 1560. The number of piperidine rings is 2. The van der Waals surface area contributed by atoms with Gasteiger partial charge in [-0.25, -0.2) is 8.78 Å². The van der Waals surface area contributed by atoms with Crippen molar-refractivity contribution in [3.8, 4) is 0 Å². The Labute approximate surface area is 267 Å². The summed E-state index contributed by atoms with van der Waals surface area (Å²) in [6, 6.07) is 20.1. The molecule has 0 saturated carbocycles. The highest BCUT2D eigenvalue weighted by Crippen LogP contribution is 2.35. The molecule has 3 unspecified atom stereocenters. The van der Waals surface area contributed by atoms with E-state index in [9.17, 15) is 14.4 Å². The monoisotopic (exact) mass is 628 g/mol. The number of rotatable bonds is 7. The third kappa shape index (κ3) is 6.06. The van der Waals surface area contributed by atoms with Crippen LogP contribution in [0.3, 0.4) is 0 Å². The first kappa shape index (κ1) is 30.6. The van der Waals surface area contributed by atoms with Gasteiger partial charge in [-0.15, -0.1) is 0 Å². The third-order valence-corrected chi connectivity index (χ3v) is 9.87. The maximum atomic E-state index is 15.8. The van der Waals surface area contributed by atoms with Crippen molar-refractivity contribution in [3.05, 3.63) is 101 Å². The maximum absolute atomic E-state index is 15.8. The molecule has 0 aliphatic carbocycles. The van der Waals surface area contributed by atoms with Gasteiger partial charge in [0.1, 0.15) is 6.04 Å². The highest BCUT2D eigenvalue weighted by Gasteiger charge is 2.48. The molecule has 3 amide bonds. The van der Waals surface area contributed by atoms with E-state index in [0.717, 1.165) is 22.4 Å². The number of nitrogens with one attached hydrogen (secondary N) is 1. The molecule has 3 aromatic rings. The Hall–Kier alpha value is -4.06. The van der Waals surface area contributed by atoms with Crippen molar-refractivity contribution in [2.75, 3.05) is 39.3 Å². The summed E-state index contributed by atoms with van der Waals surface area (Å²) in [6.45, 7) is 3.35. The molecule has 46 heavy (non-hydrogen) atoms. The van der Waals surface area contributed by atoms with Crippen LogP contribution in [0.25, 0.3) is 0 Å². The van der Waals surface area contributed by atoms with Crippen LogP contribution in [0.1, 0.15) is 58.0 Å². The molecule has 7 rings (SSSR count). The van der Waals surface area contributed by atoms with Gasteiger partial charge in [0.25, 0.3) is 11.8 Å². The summed E-state index contributed by atoms with van der Waals surface area (Å²) in [5, 5.41) is 2.32. The van der Waals surface area contributed by atoms with Crippen LogP contribution in [-0.2, 0) is 22.7 Å². The van der Waals surface area contributed by atoms with Crippen LogP contribution in [0.4, 0.5) is 8.78 Å². The molecule has 1 N–H and O–H groups in total. The number of benzene rings is 2. The lowest BCUT2D eigenvalue weighted by Gasteiger charge is -2.47. The number of hydrogen-bond acceptors (Lipinski definition) is 7. The number of carbonyl (C=O) groups excluding carboxylic acids is 3. The van der Waals surface area contributed by atoms with Crippen LogP contribution < -0.4 is 5.32 Å². The number of likely N-dealkylation sites (tertiary alicyclic amines) is 1. The molecule has 240 valence electrons. The zero-order valence-corrected chi connectivity index (χ0v) is 25.7. The van der Waals surface area contributed by atoms with E-state index in [0.29, 0.717) is 57.7 Å². The Kier molecular flexibility index (Phi) is 8.39. The number of amides is 3. The highest BCUT2D eigenvalue weighted by molar-refractivity contribution is 6.05. The number of aromatic nitrogens is 1. The third-order valence-electron chi connectivity index (χ3n) is 9.87. The molecule has 0 bridgehead atoms. The van der Waals surface area contributed by atoms with E-state index in [1.807, 2.05) is 53.4 Å². The van der Waals surface area contributed by atoms with Gasteiger partial charge in [0.2, 0.25) is 11.8 Å². The SMILES string of the molecule is O=C1CCC(N2Cc3cc(CN4CCC(N5CCN(C(c6ccccc6)c6ccccn6)CC5)C(F)(F)C4)ccc3C2=O)C(=O)N1. The standard InChI is InChI=1S/C35H38F2N6O3/c36-35(37)23-40(21-24-9-10-27-26(20-24)22-43(34(27)46)29-11-12-31(44)39-33(29)45)15-13-30(35)41-16-18-42(19-17-41)32(25-6-2-1-3-7-25)28-8-4-5-14-38-28/h1-10,14,20,29-30,32H,11-13,15-19,21-23H2,(H,39,44,45). The number of fused-ring (bicyclic) bond motifs is 1. The van der Waals surface area contributed by atoms with Crippen molar-refractivity contribution >= 4 is 17.7 Å². The molecule has 11 heteroatoms. The number of pyridine rings is 1.